The van der Waals surface area contributed by atoms with E-state index in [4.69, 9.17) is 4.74 Å². The summed E-state index contributed by atoms with van der Waals surface area (Å²) < 4.78 is 4.92. The minimum atomic E-state index is -0.988. The van der Waals surface area contributed by atoms with E-state index in [0.717, 1.165) is 0 Å². The molecule has 98 valence electrons. The number of nitro benzene ring substituents is 3. The van der Waals surface area contributed by atoms with Crippen molar-refractivity contribution >= 4 is 23.3 Å². The monoisotopic (exact) mass is 268 g/mol. The van der Waals surface area contributed by atoms with E-state index in [2.05, 4.69) is 4.99 Å². The van der Waals surface area contributed by atoms with Crippen LogP contribution in [-0.2, 0) is 0 Å². The number of hydrogen-bond acceptors (Lipinski definition) is 8. The normalized spacial score (nSPS) is 15.9. The molecule has 19 heavy (non-hydrogen) atoms. The van der Waals surface area contributed by atoms with E-state index in [1.807, 2.05) is 0 Å². The lowest BCUT2D eigenvalue weighted by Gasteiger charge is -2.04. The number of benzene rings is 1. The van der Waals surface area contributed by atoms with Gasteiger partial charge in [0, 0.05) is 0 Å². The third-order valence-electron chi connectivity index (χ3n) is 2.15. The Morgan fingerprint density at radius 3 is 1.79 bits per heavy atom. The predicted molar refractivity (Wildman–Crippen MR) is 59.3 cm³/mol. The van der Waals surface area contributed by atoms with Crippen LogP contribution in [0.1, 0.15) is 0 Å². The molecule has 11 nitrogen and oxygen atoms in total. The van der Waals surface area contributed by atoms with E-state index in [-0.39, 0.29) is 0 Å². The molecule has 2 rings (SSSR count). The molecule has 1 aliphatic heterocycles. The molecule has 1 aromatic carbocycles. The number of aliphatic imine (C=N–C) groups is 1. The fraction of sp³-hybridized carbons (Fsp3) is 0.125. The zero-order chi connectivity index (χ0) is 14.2. The number of rotatable bonds is 5. The van der Waals surface area contributed by atoms with Gasteiger partial charge in [-0.25, -0.2) is 4.99 Å². The second-order valence-corrected chi connectivity index (χ2v) is 3.39. The van der Waals surface area contributed by atoms with Gasteiger partial charge in [0.1, 0.15) is 0 Å². The lowest BCUT2D eigenvalue weighted by atomic mass is 10.2. The molecule has 0 amide bonds. The van der Waals surface area contributed by atoms with Crippen molar-refractivity contribution in [1.29, 1.82) is 0 Å². The first-order valence-electron chi connectivity index (χ1n) is 4.71. The van der Waals surface area contributed by atoms with Gasteiger partial charge < -0.3 is 4.74 Å². The molecule has 0 spiro atoms. The van der Waals surface area contributed by atoms with E-state index in [1.54, 1.807) is 0 Å². The van der Waals surface area contributed by atoms with E-state index in [1.165, 1.54) is 6.21 Å². The van der Waals surface area contributed by atoms with Gasteiger partial charge in [0.15, 0.2) is 0 Å². The Kier molecular flexibility index (Phi) is 2.79. The van der Waals surface area contributed by atoms with Gasteiger partial charge in [-0.05, 0) is 0 Å². The Hall–Kier alpha value is -3.11. The highest BCUT2D eigenvalue weighted by atomic mass is 16.6. The Morgan fingerprint density at radius 2 is 1.47 bits per heavy atom. The molecule has 0 saturated heterocycles. The lowest BCUT2D eigenvalue weighted by molar-refractivity contribution is -0.404. The molecule has 1 aromatic rings. The molecule has 1 atom stereocenters. The molecule has 11 heteroatoms. The maximum Gasteiger partial charge on any atom is 0.325 e. The summed E-state index contributed by atoms with van der Waals surface area (Å²) in [6, 6.07) is 1.20. The van der Waals surface area contributed by atoms with Crippen molar-refractivity contribution in [3.8, 4) is 5.75 Å². The van der Waals surface area contributed by atoms with Crippen molar-refractivity contribution in [3.63, 3.8) is 0 Å². The van der Waals surface area contributed by atoms with Gasteiger partial charge >= 0.3 is 11.4 Å². The number of nitro groups is 3. The Balaban J connectivity index is 2.61. The van der Waals surface area contributed by atoms with Gasteiger partial charge in [0.25, 0.3) is 11.4 Å². The minimum absolute atomic E-state index is 0.602. The van der Waals surface area contributed by atoms with Crippen LogP contribution >= 0.6 is 0 Å². The first-order valence-corrected chi connectivity index (χ1v) is 4.71. The van der Waals surface area contributed by atoms with Gasteiger partial charge in [-0.1, -0.05) is 0 Å². The molecule has 0 saturated carbocycles. The van der Waals surface area contributed by atoms with Crippen molar-refractivity contribution in [2.45, 2.75) is 6.23 Å². The summed E-state index contributed by atoms with van der Waals surface area (Å²) in [4.78, 5) is 32.8. The summed E-state index contributed by atoms with van der Waals surface area (Å²) in [6.07, 6.45) is 0.466. The summed E-state index contributed by atoms with van der Waals surface area (Å²) in [7, 11) is 0. The van der Waals surface area contributed by atoms with Crippen LogP contribution in [0.3, 0.4) is 0 Å². The average Bonchev–Trinajstić information content (AvgIpc) is 3.12. The van der Waals surface area contributed by atoms with Crippen LogP contribution in [0.25, 0.3) is 0 Å². The highest BCUT2D eigenvalue weighted by Gasteiger charge is 2.34. The fourth-order valence-electron chi connectivity index (χ4n) is 1.30. The molecule has 0 bridgehead atoms. The van der Waals surface area contributed by atoms with Crippen molar-refractivity contribution < 1.29 is 19.5 Å². The van der Waals surface area contributed by atoms with Crippen molar-refractivity contribution in [2.75, 3.05) is 0 Å². The average molecular weight is 268 g/mol. The number of ether oxygens (including phenoxy) is 1. The molecule has 0 N–H and O–H groups in total. The van der Waals surface area contributed by atoms with E-state index in [9.17, 15) is 30.3 Å². The summed E-state index contributed by atoms with van der Waals surface area (Å²) in [5.74, 6) is -0.650. The summed E-state index contributed by atoms with van der Waals surface area (Å²) in [6.45, 7) is 0. The zero-order valence-electron chi connectivity index (χ0n) is 8.96. The van der Waals surface area contributed by atoms with E-state index < -0.39 is 43.8 Å². The lowest BCUT2D eigenvalue weighted by Crippen LogP contribution is -2.06. The third-order valence-corrected chi connectivity index (χ3v) is 2.15. The molecule has 1 aliphatic rings. The highest BCUT2D eigenvalue weighted by Crippen LogP contribution is 2.41. The van der Waals surface area contributed by atoms with Gasteiger partial charge in [-0.2, -0.15) is 0 Å². The molecule has 0 aromatic heterocycles. The van der Waals surface area contributed by atoms with Crippen LogP contribution in [0, 0.1) is 30.3 Å². The SMILES string of the molecule is O=[N+]([O-])c1cc([N+](=O)[O-])c(OC2C=N2)c([N+](=O)[O-])c1. The molecular formula is C8H4N4O7. The molecule has 1 heterocycles. The van der Waals surface area contributed by atoms with Gasteiger partial charge in [0.05, 0.1) is 33.1 Å². The van der Waals surface area contributed by atoms with Crippen molar-refractivity contribution in [2.24, 2.45) is 4.99 Å². The Bertz CT molecular complexity index is 585. The van der Waals surface area contributed by atoms with Gasteiger partial charge in [0.2, 0.25) is 6.23 Å². The van der Waals surface area contributed by atoms with Crippen LogP contribution in [0.5, 0.6) is 5.75 Å². The van der Waals surface area contributed by atoms with Crippen LogP contribution in [0.2, 0.25) is 0 Å². The first-order chi connectivity index (χ1) is 8.90. The summed E-state index contributed by atoms with van der Waals surface area (Å²) in [5, 5.41) is 32.2. The zero-order valence-corrected chi connectivity index (χ0v) is 8.96. The second kappa shape index (κ2) is 4.29. The smallest absolute Gasteiger partial charge is 0.325 e. The van der Waals surface area contributed by atoms with E-state index >= 15 is 0 Å². The first kappa shape index (κ1) is 12.3. The van der Waals surface area contributed by atoms with Crippen molar-refractivity contribution in [3.05, 3.63) is 42.5 Å². The quantitative estimate of drug-likeness (QED) is 0.574. The van der Waals surface area contributed by atoms with Crippen LogP contribution in [0.4, 0.5) is 17.1 Å². The maximum atomic E-state index is 10.8. The molecule has 0 aliphatic carbocycles. The molecular weight excluding hydrogens is 264 g/mol. The standard InChI is InChI=1S/C8H4N4O7/c13-10(14)4-1-5(11(15)16)8(19-7-3-9-7)6(2-4)12(17)18/h1-3,7H. The fourth-order valence-corrected chi connectivity index (χ4v) is 1.30. The van der Waals surface area contributed by atoms with Crippen LogP contribution < -0.4 is 4.74 Å². The molecule has 0 radical (unpaired) electrons. The number of non-ortho nitro benzene ring substituents is 1. The second-order valence-electron chi connectivity index (χ2n) is 3.39. The Labute approximate surface area is 103 Å². The molecule has 1 unspecified atom stereocenters. The predicted octanol–water partition coefficient (Wildman–Crippen LogP) is 1.20. The van der Waals surface area contributed by atoms with Crippen molar-refractivity contribution in [1.82, 2.24) is 0 Å². The maximum absolute atomic E-state index is 10.8. The van der Waals surface area contributed by atoms with Crippen LogP contribution in [0.15, 0.2) is 17.1 Å². The minimum Gasteiger partial charge on any atom is -0.451 e. The molecule has 0 fully saturated rings. The number of hydrogen-bond donors (Lipinski definition) is 0. The largest absolute Gasteiger partial charge is 0.451 e. The van der Waals surface area contributed by atoms with Gasteiger partial charge in [-0.15, -0.1) is 0 Å². The van der Waals surface area contributed by atoms with Gasteiger partial charge in [-0.3, -0.25) is 30.3 Å². The summed E-state index contributed by atoms with van der Waals surface area (Å²) in [5.41, 5.74) is -2.46. The van der Waals surface area contributed by atoms with Crippen LogP contribution in [-0.4, -0.2) is 27.2 Å². The summed E-state index contributed by atoms with van der Waals surface area (Å²) >= 11 is 0. The van der Waals surface area contributed by atoms with E-state index in [0.29, 0.717) is 12.1 Å². The number of nitrogens with zero attached hydrogens (tertiary/aromatic N) is 4. The highest BCUT2D eigenvalue weighted by molar-refractivity contribution is 5.77. The Morgan fingerprint density at radius 1 is 1.00 bits per heavy atom. The third kappa shape index (κ3) is 2.43. The topological polar surface area (TPSA) is 151 Å².